The standard InChI is InChI=1S/C13H26N2/c1-4-6-7-9-15-11-13(8-5-2)14-10-12(15)3/h4,6,12-14H,5,7-11H2,1-3H3/b6-4+. The Kier molecular flexibility index (Phi) is 5.96. The Balaban J connectivity index is 2.32. The molecule has 2 unspecified atom stereocenters. The minimum atomic E-state index is 0.698. The first-order valence-corrected chi connectivity index (χ1v) is 6.36. The fourth-order valence-corrected chi connectivity index (χ4v) is 2.25. The van der Waals surface area contributed by atoms with Crippen LogP contribution in [0.25, 0.3) is 0 Å². The molecule has 0 spiro atoms. The van der Waals surface area contributed by atoms with E-state index in [4.69, 9.17) is 0 Å². The Morgan fingerprint density at radius 1 is 1.47 bits per heavy atom. The fraction of sp³-hybridized carbons (Fsp3) is 0.846. The minimum absolute atomic E-state index is 0.698. The Morgan fingerprint density at radius 3 is 2.93 bits per heavy atom. The van der Waals surface area contributed by atoms with E-state index in [2.05, 4.69) is 43.1 Å². The first-order chi connectivity index (χ1) is 7.27. The molecular formula is C13H26N2. The van der Waals surface area contributed by atoms with E-state index in [0.717, 1.165) is 12.6 Å². The maximum absolute atomic E-state index is 3.63. The second-order valence-electron chi connectivity index (χ2n) is 4.60. The molecular weight excluding hydrogens is 184 g/mol. The predicted molar refractivity (Wildman–Crippen MR) is 67.2 cm³/mol. The van der Waals surface area contributed by atoms with Gasteiger partial charge in [-0.2, -0.15) is 0 Å². The summed E-state index contributed by atoms with van der Waals surface area (Å²) in [5.41, 5.74) is 0. The molecule has 1 aliphatic rings. The highest BCUT2D eigenvalue weighted by Crippen LogP contribution is 2.10. The van der Waals surface area contributed by atoms with Crippen molar-refractivity contribution < 1.29 is 0 Å². The lowest BCUT2D eigenvalue weighted by Crippen LogP contribution is -2.55. The van der Waals surface area contributed by atoms with Gasteiger partial charge in [-0.1, -0.05) is 25.5 Å². The van der Waals surface area contributed by atoms with Crippen molar-refractivity contribution in [3.8, 4) is 0 Å². The number of hydrogen-bond acceptors (Lipinski definition) is 2. The summed E-state index contributed by atoms with van der Waals surface area (Å²) in [4.78, 5) is 2.62. The van der Waals surface area contributed by atoms with E-state index in [0.29, 0.717) is 6.04 Å². The van der Waals surface area contributed by atoms with Gasteiger partial charge < -0.3 is 5.32 Å². The van der Waals surface area contributed by atoms with Gasteiger partial charge >= 0.3 is 0 Å². The summed E-state index contributed by atoms with van der Waals surface area (Å²) in [6.45, 7) is 10.3. The van der Waals surface area contributed by atoms with Crippen molar-refractivity contribution in [3.05, 3.63) is 12.2 Å². The molecule has 1 aliphatic heterocycles. The fourth-order valence-electron chi connectivity index (χ4n) is 2.25. The van der Waals surface area contributed by atoms with Crippen LogP contribution < -0.4 is 5.32 Å². The molecule has 0 aromatic heterocycles. The van der Waals surface area contributed by atoms with Gasteiger partial charge in [0.1, 0.15) is 0 Å². The summed E-state index contributed by atoms with van der Waals surface area (Å²) < 4.78 is 0. The van der Waals surface area contributed by atoms with Crippen LogP contribution in [-0.2, 0) is 0 Å². The normalized spacial score (nSPS) is 28.7. The maximum Gasteiger partial charge on any atom is 0.0195 e. The summed E-state index contributed by atoms with van der Waals surface area (Å²) in [5, 5.41) is 3.63. The topological polar surface area (TPSA) is 15.3 Å². The third-order valence-electron chi connectivity index (χ3n) is 3.24. The van der Waals surface area contributed by atoms with Crippen molar-refractivity contribution in [2.24, 2.45) is 0 Å². The number of nitrogens with one attached hydrogen (secondary N) is 1. The average molecular weight is 210 g/mol. The number of piperazine rings is 1. The second-order valence-corrected chi connectivity index (χ2v) is 4.60. The lowest BCUT2D eigenvalue weighted by atomic mass is 10.1. The van der Waals surface area contributed by atoms with E-state index in [-0.39, 0.29) is 0 Å². The second kappa shape index (κ2) is 7.02. The lowest BCUT2D eigenvalue weighted by molar-refractivity contribution is 0.139. The van der Waals surface area contributed by atoms with Crippen molar-refractivity contribution in [2.45, 2.75) is 52.1 Å². The molecule has 1 rings (SSSR count). The SMILES string of the molecule is C/C=C/CCN1CC(CCC)NCC1C. The average Bonchev–Trinajstić information content (AvgIpc) is 2.23. The van der Waals surface area contributed by atoms with Crippen LogP contribution in [0.2, 0.25) is 0 Å². The number of rotatable bonds is 5. The van der Waals surface area contributed by atoms with Gasteiger partial charge in [0.2, 0.25) is 0 Å². The number of hydrogen-bond donors (Lipinski definition) is 1. The highest BCUT2D eigenvalue weighted by molar-refractivity contribution is 4.86. The molecule has 15 heavy (non-hydrogen) atoms. The molecule has 1 heterocycles. The Hall–Kier alpha value is -0.340. The molecule has 2 nitrogen and oxygen atoms in total. The monoisotopic (exact) mass is 210 g/mol. The van der Waals surface area contributed by atoms with E-state index >= 15 is 0 Å². The summed E-state index contributed by atoms with van der Waals surface area (Å²) in [6, 6.07) is 1.42. The van der Waals surface area contributed by atoms with Crippen LogP contribution in [0.1, 0.15) is 40.0 Å². The van der Waals surface area contributed by atoms with E-state index in [1.165, 1.54) is 32.4 Å². The molecule has 0 bridgehead atoms. The van der Waals surface area contributed by atoms with Crippen LogP contribution in [-0.4, -0.2) is 36.6 Å². The molecule has 0 aliphatic carbocycles. The Morgan fingerprint density at radius 2 is 2.27 bits per heavy atom. The van der Waals surface area contributed by atoms with Crippen LogP contribution in [0.15, 0.2) is 12.2 Å². The molecule has 1 N–H and O–H groups in total. The molecule has 0 amide bonds. The summed E-state index contributed by atoms with van der Waals surface area (Å²) >= 11 is 0. The van der Waals surface area contributed by atoms with E-state index < -0.39 is 0 Å². The number of allylic oxidation sites excluding steroid dienone is 1. The zero-order valence-corrected chi connectivity index (χ0v) is 10.5. The van der Waals surface area contributed by atoms with Gasteiger partial charge in [-0.05, 0) is 26.7 Å². The highest BCUT2D eigenvalue weighted by atomic mass is 15.2. The molecule has 0 radical (unpaired) electrons. The van der Waals surface area contributed by atoms with Crippen LogP contribution in [0.4, 0.5) is 0 Å². The number of nitrogens with zero attached hydrogens (tertiary/aromatic N) is 1. The molecule has 88 valence electrons. The summed E-state index contributed by atoms with van der Waals surface area (Å²) in [7, 11) is 0. The first-order valence-electron chi connectivity index (χ1n) is 6.36. The summed E-state index contributed by atoms with van der Waals surface area (Å²) in [6.07, 6.45) is 8.21. The van der Waals surface area contributed by atoms with Gasteiger partial charge in [0, 0.05) is 31.7 Å². The largest absolute Gasteiger partial charge is 0.311 e. The van der Waals surface area contributed by atoms with Crippen LogP contribution >= 0.6 is 0 Å². The third kappa shape index (κ3) is 4.35. The molecule has 0 saturated carbocycles. The van der Waals surface area contributed by atoms with E-state index in [1.807, 2.05) is 0 Å². The maximum atomic E-state index is 3.63. The van der Waals surface area contributed by atoms with Crippen molar-refractivity contribution >= 4 is 0 Å². The first kappa shape index (κ1) is 12.7. The van der Waals surface area contributed by atoms with Gasteiger partial charge in [0.15, 0.2) is 0 Å². The van der Waals surface area contributed by atoms with Gasteiger partial charge in [0.25, 0.3) is 0 Å². The van der Waals surface area contributed by atoms with Gasteiger partial charge in [-0.25, -0.2) is 0 Å². The highest BCUT2D eigenvalue weighted by Gasteiger charge is 2.23. The van der Waals surface area contributed by atoms with Crippen molar-refractivity contribution in [1.29, 1.82) is 0 Å². The van der Waals surface area contributed by atoms with Crippen molar-refractivity contribution in [3.63, 3.8) is 0 Å². The lowest BCUT2D eigenvalue weighted by Gasteiger charge is -2.38. The van der Waals surface area contributed by atoms with Crippen LogP contribution in [0.3, 0.4) is 0 Å². The molecule has 1 fully saturated rings. The van der Waals surface area contributed by atoms with Crippen molar-refractivity contribution in [2.75, 3.05) is 19.6 Å². The predicted octanol–water partition coefficient (Wildman–Crippen LogP) is 2.42. The zero-order chi connectivity index (χ0) is 11.1. The van der Waals surface area contributed by atoms with E-state index in [9.17, 15) is 0 Å². The van der Waals surface area contributed by atoms with Gasteiger partial charge in [0.05, 0.1) is 0 Å². The Bertz CT molecular complexity index is 189. The van der Waals surface area contributed by atoms with Crippen molar-refractivity contribution in [1.82, 2.24) is 10.2 Å². The molecule has 0 aromatic rings. The molecule has 1 saturated heterocycles. The van der Waals surface area contributed by atoms with Crippen LogP contribution in [0.5, 0.6) is 0 Å². The minimum Gasteiger partial charge on any atom is -0.311 e. The zero-order valence-electron chi connectivity index (χ0n) is 10.5. The smallest absolute Gasteiger partial charge is 0.0195 e. The van der Waals surface area contributed by atoms with E-state index in [1.54, 1.807) is 0 Å². The Labute approximate surface area is 94.7 Å². The summed E-state index contributed by atoms with van der Waals surface area (Å²) in [5.74, 6) is 0. The third-order valence-corrected chi connectivity index (χ3v) is 3.24. The molecule has 0 aromatic carbocycles. The molecule has 2 heteroatoms. The van der Waals surface area contributed by atoms with Gasteiger partial charge in [-0.3, -0.25) is 4.90 Å². The van der Waals surface area contributed by atoms with Gasteiger partial charge in [-0.15, -0.1) is 0 Å². The quantitative estimate of drug-likeness (QED) is 0.701. The molecule has 2 atom stereocenters. The van der Waals surface area contributed by atoms with Crippen LogP contribution in [0, 0.1) is 0 Å².